The lowest BCUT2D eigenvalue weighted by Crippen LogP contribution is -2.04. The Hall–Kier alpha value is -0.640. The minimum absolute atomic E-state index is 0.165. The maximum atomic E-state index is 5.83. The van der Waals surface area contributed by atoms with Crippen molar-refractivity contribution in [3.8, 4) is 0 Å². The Labute approximate surface area is 121 Å². The fourth-order valence-corrected chi connectivity index (χ4v) is 3.52. The lowest BCUT2D eigenvalue weighted by Gasteiger charge is -2.02. The van der Waals surface area contributed by atoms with Crippen molar-refractivity contribution < 1.29 is 0 Å². The summed E-state index contributed by atoms with van der Waals surface area (Å²) in [5.41, 5.74) is 0. The zero-order chi connectivity index (χ0) is 13.0. The summed E-state index contributed by atoms with van der Waals surface area (Å²) in [5, 5.41) is 11.7. The Morgan fingerprint density at radius 1 is 1.22 bits per heavy atom. The Morgan fingerprint density at radius 2 is 2.00 bits per heavy atom. The van der Waals surface area contributed by atoms with E-state index in [1.165, 1.54) is 23.1 Å². The number of thioether (sulfide) groups is 1. The van der Waals surface area contributed by atoms with Crippen LogP contribution in [0.5, 0.6) is 0 Å². The molecule has 1 N–H and O–H groups in total. The van der Waals surface area contributed by atoms with Gasteiger partial charge in [0, 0.05) is 6.54 Å². The van der Waals surface area contributed by atoms with Crippen LogP contribution in [0, 0.1) is 0 Å². The molecule has 0 radical (unpaired) electrons. The molecule has 10 heteroatoms. The van der Waals surface area contributed by atoms with E-state index >= 15 is 0 Å². The van der Waals surface area contributed by atoms with Gasteiger partial charge in [-0.25, -0.2) is 0 Å². The number of aromatic nitrogens is 5. The van der Waals surface area contributed by atoms with Crippen LogP contribution >= 0.6 is 46.5 Å². The van der Waals surface area contributed by atoms with Gasteiger partial charge in [0.15, 0.2) is 8.68 Å². The fourth-order valence-electron chi connectivity index (χ4n) is 1.01. The van der Waals surface area contributed by atoms with E-state index < -0.39 is 0 Å². The minimum Gasteiger partial charge on any atom is -0.354 e. The average Bonchev–Trinajstić information content (AvgIpc) is 2.76. The molecule has 2 heterocycles. The van der Waals surface area contributed by atoms with Gasteiger partial charge in [0.1, 0.15) is 0 Å². The van der Waals surface area contributed by atoms with Crippen molar-refractivity contribution in [2.75, 3.05) is 18.1 Å². The van der Waals surface area contributed by atoms with Gasteiger partial charge in [0.2, 0.25) is 16.4 Å². The number of anilines is 1. The van der Waals surface area contributed by atoms with Crippen LogP contribution in [0.3, 0.4) is 0 Å². The zero-order valence-electron chi connectivity index (χ0n) is 9.55. The van der Waals surface area contributed by atoms with Crippen LogP contribution in [0.2, 0.25) is 5.28 Å². The molecule has 96 valence electrons. The van der Waals surface area contributed by atoms with E-state index in [-0.39, 0.29) is 5.28 Å². The zero-order valence-corrected chi connectivity index (χ0v) is 12.8. The first-order chi connectivity index (χ1) is 8.71. The molecule has 0 bridgehead atoms. The predicted octanol–water partition coefficient (Wildman–Crippen LogP) is 2.68. The van der Waals surface area contributed by atoms with Gasteiger partial charge in [-0.1, -0.05) is 23.1 Å². The second kappa shape index (κ2) is 6.50. The number of halogens is 1. The van der Waals surface area contributed by atoms with Crippen LogP contribution in [0.1, 0.15) is 6.92 Å². The molecule has 0 amide bonds. The SMILES string of the molecule is CCNc1nc(Cl)nc(Sc2nnc(SC)s2)n1. The van der Waals surface area contributed by atoms with Crippen LogP contribution < -0.4 is 5.32 Å². The second-order valence-electron chi connectivity index (χ2n) is 2.88. The highest BCUT2D eigenvalue weighted by atomic mass is 35.5. The van der Waals surface area contributed by atoms with E-state index in [1.54, 1.807) is 11.8 Å². The molecule has 0 saturated carbocycles. The Balaban J connectivity index is 2.17. The lowest BCUT2D eigenvalue weighted by atomic mass is 10.7. The summed E-state index contributed by atoms with van der Waals surface area (Å²) in [6.07, 6.45) is 1.96. The fraction of sp³-hybridized carbons (Fsp3) is 0.375. The van der Waals surface area contributed by atoms with Gasteiger partial charge in [-0.05, 0) is 36.5 Å². The van der Waals surface area contributed by atoms with Gasteiger partial charge >= 0.3 is 0 Å². The van der Waals surface area contributed by atoms with Gasteiger partial charge in [-0.15, -0.1) is 10.2 Å². The highest BCUT2D eigenvalue weighted by Gasteiger charge is 2.10. The summed E-state index contributed by atoms with van der Waals surface area (Å²) >= 11 is 10.2. The molecule has 0 unspecified atom stereocenters. The highest BCUT2D eigenvalue weighted by Crippen LogP contribution is 2.31. The van der Waals surface area contributed by atoms with Crippen LogP contribution in [0.15, 0.2) is 13.8 Å². The molecule has 0 aliphatic carbocycles. The van der Waals surface area contributed by atoms with Crippen molar-refractivity contribution in [3.63, 3.8) is 0 Å². The summed E-state index contributed by atoms with van der Waals surface area (Å²) in [6.45, 7) is 2.68. The molecule has 0 aliphatic heterocycles. The molecule has 2 rings (SSSR count). The first-order valence-electron chi connectivity index (χ1n) is 4.92. The van der Waals surface area contributed by atoms with Crippen molar-refractivity contribution in [1.29, 1.82) is 0 Å². The number of rotatable bonds is 5. The summed E-state index contributed by atoms with van der Waals surface area (Å²) in [5.74, 6) is 0.467. The maximum absolute atomic E-state index is 5.83. The highest BCUT2D eigenvalue weighted by molar-refractivity contribution is 8.02. The first-order valence-corrected chi connectivity index (χ1v) is 8.15. The second-order valence-corrected chi connectivity index (χ2v) is 6.46. The topological polar surface area (TPSA) is 76.5 Å². The Kier molecular flexibility index (Phi) is 4.98. The number of hydrogen-bond acceptors (Lipinski definition) is 9. The van der Waals surface area contributed by atoms with E-state index in [0.29, 0.717) is 11.1 Å². The van der Waals surface area contributed by atoms with Crippen molar-refractivity contribution in [3.05, 3.63) is 5.28 Å². The van der Waals surface area contributed by atoms with E-state index in [0.717, 1.165) is 15.2 Å². The third-order valence-corrected chi connectivity index (χ3v) is 4.65. The smallest absolute Gasteiger partial charge is 0.228 e. The van der Waals surface area contributed by atoms with E-state index in [4.69, 9.17) is 11.6 Å². The molecule has 0 spiro atoms. The molecule has 18 heavy (non-hydrogen) atoms. The lowest BCUT2D eigenvalue weighted by molar-refractivity contribution is 0.892. The molecule has 6 nitrogen and oxygen atoms in total. The van der Waals surface area contributed by atoms with Crippen molar-refractivity contribution >= 4 is 52.4 Å². The van der Waals surface area contributed by atoms with Crippen LogP contribution in [0.4, 0.5) is 5.95 Å². The summed E-state index contributed by atoms with van der Waals surface area (Å²) in [4.78, 5) is 12.2. The van der Waals surface area contributed by atoms with E-state index in [2.05, 4.69) is 30.5 Å². The molecule has 0 aliphatic rings. The van der Waals surface area contributed by atoms with Crippen molar-refractivity contribution in [2.45, 2.75) is 20.8 Å². The number of hydrogen-bond donors (Lipinski definition) is 1. The Morgan fingerprint density at radius 3 is 2.67 bits per heavy atom. The average molecular weight is 321 g/mol. The van der Waals surface area contributed by atoms with Crippen LogP contribution in [-0.2, 0) is 0 Å². The Bertz CT molecular complexity index is 533. The van der Waals surface area contributed by atoms with E-state index in [1.807, 2.05) is 13.2 Å². The molecule has 0 saturated heterocycles. The summed E-state index contributed by atoms with van der Waals surface area (Å²) < 4.78 is 1.69. The third kappa shape index (κ3) is 3.67. The molecular formula is C8H9ClN6S3. The number of nitrogens with zero attached hydrogens (tertiary/aromatic N) is 5. The molecular weight excluding hydrogens is 312 g/mol. The molecule has 0 aromatic carbocycles. The quantitative estimate of drug-likeness (QED) is 0.843. The van der Waals surface area contributed by atoms with Crippen molar-refractivity contribution in [2.24, 2.45) is 0 Å². The minimum atomic E-state index is 0.165. The molecule has 2 aromatic heterocycles. The maximum Gasteiger partial charge on any atom is 0.228 e. The van der Waals surface area contributed by atoms with Crippen LogP contribution in [0.25, 0.3) is 0 Å². The summed E-state index contributed by atoms with van der Waals surface area (Å²) in [6, 6.07) is 0. The third-order valence-electron chi connectivity index (χ3n) is 1.66. The number of nitrogens with one attached hydrogen (secondary N) is 1. The molecule has 0 atom stereocenters. The molecule has 2 aromatic rings. The van der Waals surface area contributed by atoms with Crippen LogP contribution in [-0.4, -0.2) is 37.9 Å². The largest absolute Gasteiger partial charge is 0.354 e. The van der Waals surface area contributed by atoms with Gasteiger partial charge in [0.05, 0.1) is 0 Å². The molecule has 0 fully saturated rings. The van der Waals surface area contributed by atoms with Gasteiger partial charge < -0.3 is 5.32 Å². The summed E-state index contributed by atoms with van der Waals surface area (Å²) in [7, 11) is 0. The first kappa shape index (κ1) is 13.8. The van der Waals surface area contributed by atoms with Gasteiger partial charge in [-0.3, -0.25) is 0 Å². The monoisotopic (exact) mass is 320 g/mol. The van der Waals surface area contributed by atoms with Gasteiger partial charge in [-0.2, -0.15) is 15.0 Å². The van der Waals surface area contributed by atoms with Crippen molar-refractivity contribution in [1.82, 2.24) is 25.1 Å². The van der Waals surface area contributed by atoms with Gasteiger partial charge in [0.25, 0.3) is 0 Å². The normalized spacial score (nSPS) is 10.6. The van der Waals surface area contributed by atoms with E-state index in [9.17, 15) is 0 Å². The predicted molar refractivity (Wildman–Crippen MR) is 74.8 cm³/mol. The standard InChI is InChI=1S/C8H9ClN6S3/c1-3-10-5-11-4(9)12-6(13-5)17-8-15-14-7(16-2)18-8/h3H2,1-2H3,(H,10,11,12,13).